The molecule has 0 heterocycles. The summed E-state index contributed by atoms with van der Waals surface area (Å²) in [5.74, 6) is -2.91. The normalized spacial score (nSPS) is 11.8. The number of isocyanates is 2. The van der Waals surface area contributed by atoms with Crippen molar-refractivity contribution in [2.75, 3.05) is 6.54 Å². The predicted molar refractivity (Wildman–Crippen MR) is 92.0 cm³/mol. The molecule has 0 aromatic carbocycles. The molecule has 8 nitrogen and oxygen atoms in total. The highest BCUT2D eigenvalue weighted by Gasteiger charge is 2.24. The second-order valence-corrected chi connectivity index (χ2v) is 6.33. The number of hydrogen-bond donors (Lipinski definition) is 2. The minimum absolute atomic E-state index is 0.120. The molecule has 8 heteroatoms. The number of hydrogen-bond acceptors (Lipinski definition) is 8. The molecule has 0 saturated carbocycles. The maximum atomic E-state index is 10.5. The molecule has 0 fully saturated rings. The van der Waals surface area contributed by atoms with Crippen LogP contribution in [0.15, 0.2) is 22.1 Å². The topological polar surface area (TPSA) is 126 Å². The van der Waals surface area contributed by atoms with Crippen LogP contribution >= 0.6 is 0 Å². The third-order valence-corrected chi connectivity index (χ3v) is 3.40. The van der Waals surface area contributed by atoms with E-state index in [-0.39, 0.29) is 11.1 Å². The van der Waals surface area contributed by atoms with Crippen LogP contribution in [0.1, 0.15) is 53.9 Å². The van der Waals surface area contributed by atoms with Crippen LogP contribution in [0, 0.1) is 5.92 Å². The van der Waals surface area contributed by atoms with Gasteiger partial charge in [-0.3, -0.25) is 0 Å². The SMILES string of the molecule is C=C(C)C(=O)OC(C)(O)O.CC(CCCCN=C=O)C(C)(C)N=C=O. The molecule has 0 radical (unpaired) electrons. The fourth-order valence-corrected chi connectivity index (χ4v) is 1.53. The van der Waals surface area contributed by atoms with Crippen LogP contribution in [0.25, 0.3) is 0 Å². The van der Waals surface area contributed by atoms with Crippen molar-refractivity contribution in [2.45, 2.75) is 65.4 Å². The van der Waals surface area contributed by atoms with E-state index < -0.39 is 11.9 Å². The third kappa shape index (κ3) is 15.2. The van der Waals surface area contributed by atoms with Gasteiger partial charge in [-0.2, -0.15) is 4.99 Å². The molecular weight excluding hydrogens is 328 g/mol. The first-order valence-corrected chi connectivity index (χ1v) is 7.83. The molecule has 0 aliphatic heterocycles. The van der Waals surface area contributed by atoms with Crippen molar-refractivity contribution in [3.05, 3.63) is 12.2 Å². The van der Waals surface area contributed by atoms with E-state index in [1.54, 1.807) is 6.08 Å². The third-order valence-electron chi connectivity index (χ3n) is 3.40. The zero-order valence-corrected chi connectivity index (χ0v) is 15.5. The first kappa shape index (κ1) is 25.1. The highest BCUT2D eigenvalue weighted by atomic mass is 16.8. The summed E-state index contributed by atoms with van der Waals surface area (Å²) < 4.78 is 4.07. The number of nitrogens with zero attached hydrogens (tertiary/aromatic N) is 2. The average molecular weight is 356 g/mol. The van der Waals surface area contributed by atoms with Crippen molar-refractivity contribution in [2.24, 2.45) is 15.9 Å². The maximum Gasteiger partial charge on any atom is 0.337 e. The Morgan fingerprint density at radius 2 is 1.76 bits per heavy atom. The van der Waals surface area contributed by atoms with Gasteiger partial charge in [-0.1, -0.05) is 19.9 Å². The summed E-state index contributed by atoms with van der Waals surface area (Å²) in [7, 11) is 0. The molecule has 25 heavy (non-hydrogen) atoms. The summed E-state index contributed by atoms with van der Waals surface area (Å²) >= 11 is 0. The van der Waals surface area contributed by atoms with Crippen LogP contribution in [0.5, 0.6) is 0 Å². The lowest BCUT2D eigenvalue weighted by Crippen LogP contribution is -2.30. The zero-order valence-electron chi connectivity index (χ0n) is 15.5. The van der Waals surface area contributed by atoms with Crippen LogP contribution in [0.4, 0.5) is 0 Å². The van der Waals surface area contributed by atoms with E-state index in [1.165, 1.54) is 13.0 Å². The van der Waals surface area contributed by atoms with Gasteiger partial charge in [0, 0.05) is 12.5 Å². The molecule has 0 aliphatic rings. The molecule has 1 unspecified atom stereocenters. The Bertz CT molecular complexity index is 524. The van der Waals surface area contributed by atoms with E-state index in [2.05, 4.69) is 28.2 Å². The molecule has 142 valence electrons. The molecule has 0 spiro atoms. The number of carbonyl (C=O) groups excluding carboxylic acids is 3. The van der Waals surface area contributed by atoms with Crippen molar-refractivity contribution in [1.29, 1.82) is 0 Å². The minimum atomic E-state index is -2.41. The number of rotatable bonds is 9. The van der Waals surface area contributed by atoms with Gasteiger partial charge in [0.15, 0.2) is 0 Å². The van der Waals surface area contributed by atoms with Gasteiger partial charge in [-0.05, 0) is 39.5 Å². The molecule has 0 aromatic heterocycles. The first-order chi connectivity index (χ1) is 11.4. The van der Waals surface area contributed by atoms with Gasteiger partial charge >= 0.3 is 11.9 Å². The second kappa shape index (κ2) is 12.3. The zero-order chi connectivity index (χ0) is 20.1. The van der Waals surface area contributed by atoms with E-state index in [4.69, 9.17) is 10.2 Å². The van der Waals surface area contributed by atoms with E-state index in [1.807, 2.05) is 13.8 Å². The van der Waals surface area contributed by atoms with Crippen LogP contribution in [-0.2, 0) is 19.1 Å². The Morgan fingerprint density at radius 1 is 1.20 bits per heavy atom. The van der Waals surface area contributed by atoms with Crippen LogP contribution < -0.4 is 0 Å². The second-order valence-electron chi connectivity index (χ2n) is 6.33. The molecule has 0 saturated heterocycles. The summed E-state index contributed by atoms with van der Waals surface area (Å²) in [5, 5.41) is 17.0. The lowest BCUT2D eigenvalue weighted by atomic mass is 9.86. The van der Waals surface area contributed by atoms with Crippen molar-refractivity contribution in [1.82, 2.24) is 0 Å². The number of ether oxygens (including phenoxy) is 1. The fraction of sp³-hybridized carbons (Fsp3) is 0.706. The van der Waals surface area contributed by atoms with Gasteiger partial charge in [0.1, 0.15) is 0 Å². The number of esters is 1. The molecule has 0 bridgehead atoms. The molecule has 0 rings (SSSR count). The minimum Gasteiger partial charge on any atom is -0.405 e. The lowest BCUT2D eigenvalue weighted by Gasteiger charge is -2.25. The van der Waals surface area contributed by atoms with Crippen molar-refractivity contribution in [3.63, 3.8) is 0 Å². The van der Waals surface area contributed by atoms with Gasteiger partial charge in [-0.25, -0.2) is 19.4 Å². The van der Waals surface area contributed by atoms with Gasteiger partial charge < -0.3 is 14.9 Å². The molecule has 2 N–H and O–H groups in total. The van der Waals surface area contributed by atoms with Crippen molar-refractivity contribution < 1.29 is 29.3 Å². The summed E-state index contributed by atoms with van der Waals surface area (Å²) in [6.07, 6.45) is 5.93. The number of carbonyl (C=O) groups is 1. The maximum absolute atomic E-state index is 10.5. The number of unbranched alkanes of at least 4 members (excludes halogenated alkanes) is 1. The molecule has 1 atom stereocenters. The van der Waals surface area contributed by atoms with Gasteiger partial charge in [0.25, 0.3) is 0 Å². The van der Waals surface area contributed by atoms with Crippen LogP contribution in [-0.4, -0.2) is 46.4 Å². The van der Waals surface area contributed by atoms with Gasteiger partial charge in [0.05, 0.1) is 12.1 Å². The van der Waals surface area contributed by atoms with E-state index in [0.29, 0.717) is 12.5 Å². The summed E-state index contributed by atoms with van der Waals surface area (Å²) in [5.41, 5.74) is -0.232. The van der Waals surface area contributed by atoms with Crippen LogP contribution in [0.3, 0.4) is 0 Å². The smallest absolute Gasteiger partial charge is 0.337 e. The largest absolute Gasteiger partial charge is 0.405 e. The Hall–Kier alpha value is -2.11. The molecule has 0 aliphatic carbocycles. The van der Waals surface area contributed by atoms with Gasteiger partial charge in [-0.15, -0.1) is 0 Å². The lowest BCUT2D eigenvalue weighted by molar-refractivity contribution is -0.304. The standard InChI is InChI=1S/C11H18N2O2.C6H10O4/c1-10(11(2,3)13-9-15)6-4-5-7-12-8-14;1-4(2)5(7)10-6(3,8)9/h10H,4-7H2,1-3H3;8-9H,1H2,2-3H3. The fourth-order valence-electron chi connectivity index (χ4n) is 1.53. The molecule has 0 aromatic rings. The Labute approximate surface area is 148 Å². The molecule has 0 amide bonds. The van der Waals surface area contributed by atoms with Crippen molar-refractivity contribution >= 4 is 18.1 Å². The van der Waals surface area contributed by atoms with E-state index in [0.717, 1.165) is 26.2 Å². The average Bonchev–Trinajstić information content (AvgIpc) is 2.45. The molecular formula is C17H28N2O6. The van der Waals surface area contributed by atoms with E-state index in [9.17, 15) is 14.4 Å². The van der Waals surface area contributed by atoms with Crippen LogP contribution in [0.2, 0.25) is 0 Å². The first-order valence-electron chi connectivity index (χ1n) is 7.83. The monoisotopic (exact) mass is 356 g/mol. The number of aliphatic hydroxyl groups is 2. The van der Waals surface area contributed by atoms with Gasteiger partial charge in [0.2, 0.25) is 12.2 Å². The Kier molecular flexibility index (Phi) is 12.3. The summed E-state index contributed by atoms with van der Waals surface area (Å²) in [6.45, 7) is 12.0. The quantitative estimate of drug-likeness (QED) is 0.162. The predicted octanol–water partition coefficient (Wildman–Crippen LogP) is 2.01. The highest BCUT2D eigenvalue weighted by molar-refractivity contribution is 5.87. The number of aliphatic imine (C=N–C) groups is 2. The highest BCUT2D eigenvalue weighted by Crippen LogP contribution is 2.25. The summed E-state index contributed by atoms with van der Waals surface area (Å²) in [6, 6.07) is 0. The Balaban J connectivity index is 0. The summed E-state index contributed by atoms with van der Waals surface area (Å²) in [4.78, 5) is 37.8. The Morgan fingerprint density at radius 3 is 2.12 bits per heavy atom. The van der Waals surface area contributed by atoms with E-state index >= 15 is 0 Å². The van der Waals surface area contributed by atoms with Crippen molar-refractivity contribution in [3.8, 4) is 0 Å².